The zero-order valence-corrected chi connectivity index (χ0v) is 28.2. The summed E-state index contributed by atoms with van der Waals surface area (Å²) in [6, 6.07) is 3.78. The van der Waals surface area contributed by atoms with Crippen molar-refractivity contribution < 1.29 is 38.2 Å². The molecule has 48 heavy (non-hydrogen) atoms. The van der Waals surface area contributed by atoms with Gasteiger partial charge in [-0.05, 0) is 72.4 Å². The van der Waals surface area contributed by atoms with Gasteiger partial charge >= 0.3 is 24.2 Å². The summed E-state index contributed by atoms with van der Waals surface area (Å²) in [4.78, 5) is 69.8. The maximum Gasteiger partial charge on any atom is 0.407 e. The van der Waals surface area contributed by atoms with E-state index >= 15 is 4.39 Å². The molecule has 2 fully saturated rings. The lowest BCUT2D eigenvalue weighted by Gasteiger charge is -2.38. The first-order valence-corrected chi connectivity index (χ1v) is 16.3. The number of urea groups is 2. The number of carbonyl (C=O) groups is 5. The molecule has 0 spiro atoms. The minimum Gasteiger partial charge on any atom is -0.465 e. The van der Waals surface area contributed by atoms with Gasteiger partial charge in [-0.3, -0.25) is 15.0 Å². The van der Waals surface area contributed by atoms with Gasteiger partial charge in [0, 0.05) is 69.0 Å². The predicted octanol–water partition coefficient (Wildman–Crippen LogP) is 3.38. The molecule has 0 aromatic heterocycles. The standard InChI is InChI=1S/C32H47FN8O7/c1-31(2,3)48-30(47)35-22-9-7-21(8-10-22)34-19-20-6-11-23(18-24(20)33)41-13-12-25(37-28(41)44)36-27(43)40-16-14-39(15-17-40)26(42)32(4,5)38-29(45)46/h6,11,18,21-22,34,38H,7-10,12-17,19H2,1-5H3,(H,35,47)(H,45,46)(H,36,37,43,44)/t21-,22-. The molecule has 0 bridgehead atoms. The Morgan fingerprint density at radius 3 is 2.17 bits per heavy atom. The Kier molecular flexibility index (Phi) is 11.5. The SMILES string of the molecule is CC(C)(C)OC(=O)N[C@H]1CC[C@H](NCc2ccc(N3CCC(NC(=O)N4CCN(C(=O)C(C)(C)NC(=O)O)CC4)=NC3=O)cc2F)CC1. The maximum absolute atomic E-state index is 15.1. The molecule has 0 radical (unpaired) electrons. The normalized spacial score (nSPS) is 20.5. The molecule has 1 saturated carbocycles. The van der Waals surface area contributed by atoms with Crippen LogP contribution in [-0.2, 0) is 16.1 Å². The number of halogens is 1. The smallest absolute Gasteiger partial charge is 0.407 e. The van der Waals surface area contributed by atoms with E-state index < -0.39 is 41.2 Å². The third-order valence-electron chi connectivity index (χ3n) is 8.47. The lowest BCUT2D eigenvalue weighted by atomic mass is 9.91. The Morgan fingerprint density at radius 2 is 1.58 bits per heavy atom. The summed E-state index contributed by atoms with van der Waals surface area (Å²) in [7, 11) is 0. The van der Waals surface area contributed by atoms with E-state index in [1.165, 1.54) is 34.6 Å². The Morgan fingerprint density at radius 1 is 0.958 bits per heavy atom. The molecule has 2 aliphatic heterocycles. The summed E-state index contributed by atoms with van der Waals surface area (Å²) in [5, 5.41) is 20.2. The topological polar surface area (TPSA) is 185 Å². The molecule has 1 saturated heterocycles. The zero-order chi connectivity index (χ0) is 35.2. The summed E-state index contributed by atoms with van der Waals surface area (Å²) in [5.41, 5.74) is -1.02. The van der Waals surface area contributed by atoms with Crippen LogP contribution in [-0.4, -0.2) is 107 Å². The van der Waals surface area contributed by atoms with Crippen molar-refractivity contribution in [1.29, 1.82) is 0 Å². The van der Waals surface area contributed by atoms with Crippen LogP contribution in [0.25, 0.3) is 0 Å². The summed E-state index contributed by atoms with van der Waals surface area (Å²) >= 11 is 0. The number of carboxylic acid groups (broad SMARTS) is 1. The average Bonchev–Trinajstić information content (AvgIpc) is 2.99. The number of amidine groups is 1. The van der Waals surface area contributed by atoms with E-state index in [1.807, 2.05) is 20.8 Å². The first kappa shape index (κ1) is 36.4. The number of piperazine rings is 1. The molecule has 3 aliphatic rings. The number of ether oxygens (including phenoxy) is 1. The highest BCUT2D eigenvalue weighted by Crippen LogP contribution is 2.24. The number of carbonyl (C=O) groups excluding carboxylic acids is 4. The fourth-order valence-electron chi connectivity index (χ4n) is 5.92. The Bertz CT molecular complexity index is 1410. The minimum absolute atomic E-state index is 0.0454. The lowest BCUT2D eigenvalue weighted by Crippen LogP contribution is -2.61. The van der Waals surface area contributed by atoms with Crippen molar-refractivity contribution in [3.8, 4) is 0 Å². The number of benzene rings is 1. The van der Waals surface area contributed by atoms with Crippen molar-refractivity contribution in [2.75, 3.05) is 37.6 Å². The zero-order valence-electron chi connectivity index (χ0n) is 28.2. The molecule has 4 rings (SSSR count). The molecule has 7 amide bonds. The van der Waals surface area contributed by atoms with Crippen LogP contribution in [0, 0.1) is 5.82 Å². The Hall–Kier alpha value is -4.47. The van der Waals surface area contributed by atoms with E-state index in [-0.39, 0.29) is 63.0 Å². The number of aliphatic imine (C=N–C) groups is 1. The second-order valence-corrected chi connectivity index (χ2v) is 13.9. The van der Waals surface area contributed by atoms with Crippen LogP contribution in [0.1, 0.15) is 72.3 Å². The summed E-state index contributed by atoms with van der Waals surface area (Å²) in [5.74, 6) is -0.638. The molecular weight excluding hydrogens is 627 g/mol. The number of hydrogen-bond donors (Lipinski definition) is 5. The second-order valence-electron chi connectivity index (χ2n) is 13.9. The van der Waals surface area contributed by atoms with Crippen molar-refractivity contribution in [2.24, 2.45) is 4.99 Å². The Labute approximate surface area is 279 Å². The number of nitrogens with one attached hydrogen (secondary N) is 4. The van der Waals surface area contributed by atoms with Crippen molar-refractivity contribution in [2.45, 2.75) is 96.5 Å². The van der Waals surface area contributed by atoms with Crippen LogP contribution >= 0.6 is 0 Å². The van der Waals surface area contributed by atoms with Crippen LogP contribution < -0.4 is 26.2 Å². The van der Waals surface area contributed by atoms with E-state index in [9.17, 15) is 24.0 Å². The van der Waals surface area contributed by atoms with Gasteiger partial charge in [0.2, 0.25) is 5.91 Å². The summed E-state index contributed by atoms with van der Waals surface area (Å²) in [6.45, 7) is 9.84. The van der Waals surface area contributed by atoms with Gasteiger partial charge in [-0.15, -0.1) is 0 Å². The first-order valence-electron chi connectivity index (χ1n) is 16.3. The molecule has 0 atom stereocenters. The van der Waals surface area contributed by atoms with Crippen LogP contribution in [0.15, 0.2) is 23.2 Å². The van der Waals surface area contributed by atoms with Gasteiger partial charge in [-0.1, -0.05) is 6.07 Å². The van der Waals surface area contributed by atoms with E-state index in [0.29, 0.717) is 17.8 Å². The van der Waals surface area contributed by atoms with Gasteiger partial charge in [0.25, 0.3) is 0 Å². The number of amides is 7. The van der Waals surface area contributed by atoms with Gasteiger partial charge in [0.15, 0.2) is 0 Å². The fraction of sp³-hybridized carbons (Fsp3) is 0.625. The van der Waals surface area contributed by atoms with Gasteiger partial charge in [0.05, 0.1) is 0 Å². The van der Waals surface area contributed by atoms with Crippen molar-refractivity contribution >= 4 is 41.7 Å². The summed E-state index contributed by atoms with van der Waals surface area (Å²) in [6.07, 6.45) is 1.79. The number of anilines is 1. The van der Waals surface area contributed by atoms with Gasteiger partial charge in [-0.25, -0.2) is 23.6 Å². The van der Waals surface area contributed by atoms with E-state index in [2.05, 4.69) is 26.3 Å². The van der Waals surface area contributed by atoms with Crippen molar-refractivity contribution in [3.63, 3.8) is 0 Å². The number of hydrogen-bond acceptors (Lipinski definition) is 7. The van der Waals surface area contributed by atoms with Crippen molar-refractivity contribution in [3.05, 3.63) is 29.6 Å². The minimum atomic E-state index is -1.30. The average molecular weight is 675 g/mol. The second kappa shape index (κ2) is 15.2. The molecule has 2 heterocycles. The fourth-order valence-corrected chi connectivity index (χ4v) is 5.92. The van der Waals surface area contributed by atoms with Crippen LogP contribution in [0.2, 0.25) is 0 Å². The molecule has 264 valence electrons. The number of alkyl carbamates (subject to hydrolysis) is 1. The highest BCUT2D eigenvalue weighted by molar-refractivity contribution is 6.08. The van der Waals surface area contributed by atoms with Crippen LogP contribution in [0.5, 0.6) is 0 Å². The van der Waals surface area contributed by atoms with Gasteiger partial charge < -0.3 is 35.6 Å². The number of rotatable bonds is 7. The van der Waals surface area contributed by atoms with E-state index in [0.717, 1.165) is 25.7 Å². The molecule has 5 N–H and O–H groups in total. The monoisotopic (exact) mass is 674 g/mol. The quantitative estimate of drug-likeness (QED) is 0.291. The number of nitrogens with zero attached hydrogens (tertiary/aromatic N) is 4. The van der Waals surface area contributed by atoms with Crippen LogP contribution in [0.4, 0.5) is 29.3 Å². The van der Waals surface area contributed by atoms with Gasteiger partial charge in [0.1, 0.15) is 22.8 Å². The molecule has 0 unspecified atom stereocenters. The molecule has 1 aromatic rings. The van der Waals surface area contributed by atoms with Gasteiger partial charge in [-0.2, -0.15) is 4.99 Å². The third-order valence-corrected chi connectivity index (χ3v) is 8.47. The van der Waals surface area contributed by atoms with E-state index in [4.69, 9.17) is 9.84 Å². The molecule has 15 nitrogen and oxygen atoms in total. The predicted molar refractivity (Wildman–Crippen MR) is 175 cm³/mol. The summed E-state index contributed by atoms with van der Waals surface area (Å²) < 4.78 is 20.4. The molecular formula is C32H47FN8O7. The first-order chi connectivity index (χ1) is 22.5. The molecule has 1 aromatic carbocycles. The Balaban J connectivity index is 1.21. The molecule has 16 heteroatoms. The van der Waals surface area contributed by atoms with Crippen LogP contribution in [0.3, 0.4) is 0 Å². The molecule has 1 aliphatic carbocycles. The lowest BCUT2D eigenvalue weighted by molar-refractivity contribution is -0.138. The van der Waals surface area contributed by atoms with Crippen molar-refractivity contribution in [1.82, 2.24) is 31.1 Å². The highest BCUT2D eigenvalue weighted by Gasteiger charge is 2.36. The third kappa shape index (κ3) is 10.0. The maximum atomic E-state index is 15.1. The van der Waals surface area contributed by atoms with E-state index in [1.54, 1.807) is 12.1 Å². The largest absolute Gasteiger partial charge is 0.465 e. The highest BCUT2D eigenvalue weighted by atomic mass is 19.1.